The van der Waals surface area contributed by atoms with Crippen LogP contribution in [0, 0.1) is 0 Å². The highest BCUT2D eigenvalue weighted by Crippen LogP contribution is 2.35. The second-order valence-electron chi connectivity index (χ2n) is 7.94. The van der Waals surface area contributed by atoms with E-state index in [1.807, 2.05) is 36.5 Å². The number of carbonyl (C=O) groups is 1. The van der Waals surface area contributed by atoms with Crippen LogP contribution in [0.3, 0.4) is 0 Å². The summed E-state index contributed by atoms with van der Waals surface area (Å²) < 4.78 is 0. The Morgan fingerprint density at radius 1 is 1.17 bits per heavy atom. The number of piperidine rings is 1. The number of hydrogen-bond acceptors (Lipinski definition) is 2. The number of rotatable bonds is 5. The van der Waals surface area contributed by atoms with Crippen molar-refractivity contribution in [2.24, 2.45) is 0 Å². The summed E-state index contributed by atoms with van der Waals surface area (Å²) in [5, 5.41) is 8.48. The van der Waals surface area contributed by atoms with Gasteiger partial charge < -0.3 is 20.5 Å². The van der Waals surface area contributed by atoms with Gasteiger partial charge in [-0.3, -0.25) is 0 Å². The first kappa shape index (κ1) is 21.0. The standard InChI is InChI=1S/C23H26Cl2N4O/c1-29-10-8-16(9-11-29)28-23(30)27-14-19(17-7-6-15(24)12-21(17)25)20-13-26-22-5-3-2-4-18(20)22/h2-7,12-13,16,19,26H,8-11,14H2,1H3,(H2,27,28,30). The van der Waals surface area contributed by atoms with Crippen molar-refractivity contribution in [3.8, 4) is 0 Å². The van der Waals surface area contributed by atoms with Gasteiger partial charge in [0.2, 0.25) is 0 Å². The van der Waals surface area contributed by atoms with Gasteiger partial charge >= 0.3 is 6.03 Å². The number of fused-ring (bicyclic) bond motifs is 1. The normalized spacial score (nSPS) is 16.5. The lowest BCUT2D eigenvalue weighted by atomic mass is 9.91. The van der Waals surface area contributed by atoms with Crippen LogP contribution in [0.4, 0.5) is 4.79 Å². The molecule has 1 aliphatic heterocycles. The molecule has 0 saturated carbocycles. The van der Waals surface area contributed by atoms with Crippen LogP contribution >= 0.6 is 23.2 Å². The highest BCUT2D eigenvalue weighted by atomic mass is 35.5. The summed E-state index contributed by atoms with van der Waals surface area (Å²) in [6.07, 6.45) is 3.94. The van der Waals surface area contributed by atoms with E-state index < -0.39 is 0 Å². The second-order valence-corrected chi connectivity index (χ2v) is 8.78. The summed E-state index contributed by atoms with van der Waals surface area (Å²) in [4.78, 5) is 18.2. The molecule has 2 aromatic carbocycles. The molecule has 2 heterocycles. The molecule has 7 heteroatoms. The van der Waals surface area contributed by atoms with Gasteiger partial charge in [0, 0.05) is 45.6 Å². The molecule has 1 aliphatic rings. The first-order valence-corrected chi connectivity index (χ1v) is 11.0. The monoisotopic (exact) mass is 444 g/mol. The average molecular weight is 445 g/mol. The first-order chi connectivity index (χ1) is 14.5. The van der Waals surface area contributed by atoms with E-state index in [4.69, 9.17) is 23.2 Å². The maximum atomic E-state index is 12.6. The van der Waals surface area contributed by atoms with Crippen molar-refractivity contribution in [3.63, 3.8) is 0 Å². The molecule has 0 bridgehead atoms. The number of nitrogens with zero attached hydrogens (tertiary/aromatic N) is 1. The summed E-state index contributed by atoms with van der Waals surface area (Å²) in [5.41, 5.74) is 3.08. The van der Waals surface area contributed by atoms with Crippen molar-refractivity contribution in [2.45, 2.75) is 24.8 Å². The molecular formula is C23H26Cl2N4O. The Kier molecular flexibility index (Phi) is 6.52. The van der Waals surface area contributed by atoms with Crippen LogP contribution in [0.15, 0.2) is 48.7 Å². The van der Waals surface area contributed by atoms with Gasteiger partial charge in [0.25, 0.3) is 0 Å². The molecule has 0 aliphatic carbocycles. The summed E-state index contributed by atoms with van der Waals surface area (Å²) in [5.74, 6) is -0.103. The Bertz CT molecular complexity index is 1030. The zero-order valence-electron chi connectivity index (χ0n) is 16.9. The number of halogens is 2. The van der Waals surface area contributed by atoms with E-state index >= 15 is 0 Å². The lowest BCUT2D eigenvalue weighted by Gasteiger charge is -2.29. The van der Waals surface area contributed by atoms with Gasteiger partial charge in [0.1, 0.15) is 0 Å². The fourth-order valence-electron chi connectivity index (χ4n) is 4.14. The lowest BCUT2D eigenvalue weighted by molar-refractivity contribution is 0.214. The SMILES string of the molecule is CN1CCC(NC(=O)NCC(c2ccc(Cl)cc2Cl)c2c[nH]c3ccccc23)CC1. The molecule has 3 N–H and O–H groups in total. The Morgan fingerprint density at radius 2 is 1.93 bits per heavy atom. The van der Waals surface area contributed by atoms with Gasteiger partial charge in [0.15, 0.2) is 0 Å². The highest BCUT2D eigenvalue weighted by Gasteiger charge is 2.23. The third-order valence-corrected chi connectivity index (χ3v) is 6.42. The minimum absolute atomic E-state index is 0.103. The fourth-order valence-corrected chi connectivity index (χ4v) is 4.68. The maximum absolute atomic E-state index is 12.6. The van der Waals surface area contributed by atoms with Crippen molar-refractivity contribution in [2.75, 3.05) is 26.7 Å². The number of aromatic nitrogens is 1. The van der Waals surface area contributed by atoms with Crippen molar-refractivity contribution in [3.05, 3.63) is 69.8 Å². The Labute approximate surface area is 186 Å². The second kappa shape index (κ2) is 9.29. The topological polar surface area (TPSA) is 60.2 Å². The smallest absolute Gasteiger partial charge is 0.315 e. The van der Waals surface area contributed by atoms with E-state index in [2.05, 4.69) is 33.6 Å². The summed E-state index contributed by atoms with van der Waals surface area (Å²) in [6, 6.07) is 13.7. The van der Waals surface area contributed by atoms with Gasteiger partial charge in [-0.05, 0) is 62.3 Å². The summed E-state index contributed by atoms with van der Waals surface area (Å²) in [6.45, 7) is 2.44. The van der Waals surface area contributed by atoms with Crippen molar-refractivity contribution >= 4 is 40.1 Å². The quantitative estimate of drug-likeness (QED) is 0.518. The zero-order valence-corrected chi connectivity index (χ0v) is 18.4. The highest BCUT2D eigenvalue weighted by molar-refractivity contribution is 6.35. The number of aromatic amines is 1. The maximum Gasteiger partial charge on any atom is 0.315 e. The van der Waals surface area contributed by atoms with Gasteiger partial charge in [0.05, 0.1) is 0 Å². The minimum atomic E-state index is -0.139. The molecule has 1 unspecified atom stereocenters. The number of nitrogens with one attached hydrogen (secondary N) is 3. The van der Waals surface area contributed by atoms with Crippen LogP contribution < -0.4 is 10.6 Å². The number of amides is 2. The van der Waals surface area contributed by atoms with Crippen molar-refractivity contribution in [1.82, 2.24) is 20.5 Å². The molecular weight excluding hydrogens is 419 g/mol. The molecule has 5 nitrogen and oxygen atoms in total. The molecule has 1 saturated heterocycles. The number of carbonyl (C=O) groups excluding carboxylic acids is 1. The number of urea groups is 1. The number of benzene rings is 2. The molecule has 1 fully saturated rings. The fraction of sp³-hybridized carbons (Fsp3) is 0.348. The Hall–Kier alpha value is -2.21. The van der Waals surface area contributed by atoms with Crippen LogP contribution in [0.25, 0.3) is 10.9 Å². The summed E-state index contributed by atoms with van der Waals surface area (Å²) >= 11 is 12.7. The molecule has 158 valence electrons. The predicted molar refractivity (Wildman–Crippen MR) is 124 cm³/mol. The van der Waals surface area contributed by atoms with E-state index in [9.17, 15) is 4.79 Å². The van der Waals surface area contributed by atoms with Gasteiger partial charge in [-0.1, -0.05) is 47.5 Å². The predicted octanol–water partition coefficient (Wildman–Crippen LogP) is 5.00. The van der Waals surface area contributed by atoms with E-state index in [1.165, 1.54) is 0 Å². The molecule has 1 atom stereocenters. The van der Waals surface area contributed by atoms with Crippen LogP contribution in [0.1, 0.15) is 29.9 Å². The van der Waals surface area contributed by atoms with E-state index in [1.54, 1.807) is 6.07 Å². The van der Waals surface area contributed by atoms with Gasteiger partial charge in [-0.15, -0.1) is 0 Å². The molecule has 2 amide bonds. The molecule has 30 heavy (non-hydrogen) atoms. The number of hydrogen-bond donors (Lipinski definition) is 3. The zero-order chi connectivity index (χ0) is 21.1. The van der Waals surface area contributed by atoms with Crippen LogP contribution in [0.2, 0.25) is 10.0 Å². The lowest BCUT2D eigenvalue weighted by Crippen LogP contribution is -2.47. The number of H-pyrrole nitrogens is 1. The van der Waals surface area contributed by atoms with Crippen LogP contribution in [-0.2, 0) is 0 Å². The third-order valence-electron chi connectivity index (χ3n) is 5.86. The number of likely N-dealkylation sites (tertiary alicyclic amines) is 1. The van der Waals surface area contributed by atoms with E-state index in [0.29, 0.717) is 16.6 Å². The van der Waals surface area contributed by atoms with Crippen molar-refractivity contribution in [1.29, 1.82) is 0 Å². The molecule has 0 radical (unpaired) electrons. The van der Waals surface area contributed by atoms with E-state index in [0.717, 1.165) is 48.0 Å². The van der Waals surface area contributed by atoms with Gasteiger partial charge in [-0.25, -0.2) is 4.79 Å². The average Bonchev–Trinajstić information content (AvgIpc) is 3.15. The summed E-state index contributed by atoms with van der Waals surface area (Å²) in [7, 11) is 2.11. The van der Waals surface area contributed by atoms with Gasteiger partial charge in [-0.2, -0.15) is 0 Å². The largest absolute Gasteiger partial charge is 0.361 e. The number of para-hydroxylation sites is 1. The molecule has 0 spiro atoms. The molecule has 3 aromatic rings. The molecule has 4 rings (SSSR count). The molecule has 1 aromatic heterocycles. The minimum Gasteiger partial charge on any atom is -0.361 e. The third kappa shape index (κ3) is 4.75. The van der Waals surface area contributed by atoms with Crippen LogP contribution in [-0.4, -0.2) is 48.6 Å². The van der Waals surface area contributed by atoms with Crippen molar-refractivity contribution < 1.29 is 4.79 Å². The van der Waals surface area contributed by atoms with Crippen LogP contribution in [0.5, 0.6) is 0 Å². The Morgan fingerprint density at radius 3 is 2.70 bits per heavy atom. The van der Waals surface area contributed by atoms with E-state index in [-0.39, 0.29) is 18.0 Å². The first-order valence-electron chi connectivity index (χ1n) is 10.2. The Balaban J connectivity index is 1.54.